The largest absolute Gasteiger partial charge is 0.378 e. The van der Waals surface area contributed by atoms with E-state index in [2.05, 4.69) is 41.0 Å². The van der Waals surface area contributed by atoms with Crippen LogP contribution in [0.25, 0.3) is 17.0 Å². The number of nitrogens with one attached hydrogen (secondary N) is 2. The highest BCUT2D eigenvalue weighted by molar-refractivity contribution is 9.10. The summed E-state index contributed by atoms with van der Waals surface area (Å²) in [7, 11) is 1.56. The smallest absolute Gasteiger partial charge is 0.287 e. The fraction of sp³-hybridized carbons (Fsp3) is 0.200. The van der Waals surface area contributed by atoms with Crippen LogP contribution >= 0.6 is 15.9 Å². The maximum atomic E-state index is 12.2. The molecular weight excluding hydrogens is 316 g/mol. The van der Waals surface area contributed by atoms with E-state index in [0.29, 0.717) is 33.8 Å². The van der Waals surface area contributed by atoms with Crippen LogP contribution in [0.15, 0.2) is 21.9 Å². The fourth-order valence-electron chi connectivity index (χ4n) is 1.77. The molecule has 0 aliphatic carbocycles. The van der Waals surface area contributed by atoms with Crippen LogP contribution in [-0.4, -0.2) is 36.8 Å². The van der Waals surface area contributed by atoms with Crippen LogP contribution in [0, 0.1) is 0 Å². The Kier molecular flexibility index (Phi) is 2.91. The molecule has 0 amide bonds. The van der Waals surface area contributed by atoms with E-state index >= 15 is 0 Å². The summed E-state index contributed by atoms with van der Waals surface area (Å²) in [6.07, 6.45) is 2.86. The molecule has 0 bridgehead atoms. The summed E-state index contributed by atoms with van der Waals surface area (Å²) in [6.45, 7) is 0.292. The van der Waals surface area contributed by atoms with Gasteiger partial charge in [0.2, 0.25) is 0 Å². The Morgan fingerprint density at radius 1 is 1.42 bits per heavy atom. The summed E-state index contributed by atoms with van der Waals surface area (Å²) in [6, 6.07) is 0. The first-order valence-corrected chi connectivity index (χ1v) is 6.14. The monoisotopic (exact) mass is 324 g/mol. The summed E-state index contributed by atoms with van der Waals surface area (Å²) in [5.41, 5.74) is 1.47. The number of rotatable bonds is 3. The summed E-state index contributed by atoms with van der Waals surface area (Å²) in [5, 5.41) is 2.94. The van der Waals surface area contributed by atoms with Crippen LogP contribution in [-0.2, 0) is 11.3 Å². The molecule has 0 saturated carbocycles. The van der Waals surface area contributed by atoms with E-state index in [4.69, 9.17) is 4.74 Å². The second-order valence-corrected chi connectivity index (χ2v) is 4.57. The Labute approximate surface area is 115 Å². The van der Waals surface area contributed by atoms with E-state index in [9.17, 15) is 4.79 Å². The molecule has 8 nitrogen and oxygen atoms in total. The lowest BCUT2D eigenvalue weighted by Crippen LogP contribution is -2.16. The minimum Gasteiger partial charge on any atom is -0.378 e. The zero-order valence-corrected chi connectivity index (χ0v) is 11.4. The van der Waals surface area contributed by atoms with E-state index in [1.54, 1.807) is 7.11 Å². The van der Waals surface area contributed by atoms with Crippen molar-refractivity contribution in [3.63, 3.8) is 0 Å². The molecule has 9 heteroatoms. The number of halogens is 1. The first-order valence-electron chi connectivity index (χ1n) is 5.35. The number of ether oxygens (including phenoxy) is 1. The number of imidazole rings is 1. The molecule has 0 radical (unpaired) electrons. The summed E-state index contributed by atoms with van der Waals surface area (Å²) < 4.78 is 6.76. The lowest BCUT2D eigenvalue weighted by Gasteiger charge is -2.01. The zero-order chi connectivity index (χ0) is 13.4. The van der Waals surface area contributed by atoms with E-state index in [-0.39, 0.29) is 5.56 Å². The standard InChI is InChI=1S/C10H9BrN6O2/c1-19-2-5-6(11)10(18)17(16-5)9-7-8(13-3-12-7)14-4-15-9/h3-4,16H,2H2,1H3,(H,12,13,14,15). The van der Waals surface area contributed by atoms with Crippen molar-refractivity contribution in [3.05, 3.63) is 33.2 Å². The van der Waals surface area contributed by atoms with Crippen molar-refractivity contribution in [2.75, 3.05) is 7.11 Å². The number of hydrogen-bond donors (Lipinski definition) is 2. The molecule has 19 heavy (non-hydrogen) atoms. The molecule has 3 rings (SSSR count). The van der Waals surface area contributed by atoms with E-state index in [0.717, 1.165) is 0 Å². The molecule has 0 spiro atoms. The highest BCUT2D eigenvalue weighted by Crippen LogP contribution is 2.16. The Hall–Kier alpha value is -2.00. The average molecular weight is 325 g/mol. The van der Waals surface area contributed by atoms with Gasteiger partial charge in [-0.05, 0) is 15.9 Å². The molecule has 0 atom stereocenters. The molecule has 0 saturated heterocycles. The maximum absolute atomic E-state index is 12.2. The van der Waals surface area contributed by atoms with Gasteiger partial charge in [0.15, 0.2) is 11.5 Å². The number of hydrogen-bond acceptors (Lipinski definition) is 5. The van der Waals surface area contributed by atoms with Crippen molar-refractivity contribution < 1.29 is 4.74 Å². The molecule has 0 aliphatic heterocycles. The van der Waals surface area contributed by atoms with Gasteiger partial charge in [-0.2, -0.15) is 4.68 Å². The summed E-state index contributed by atoms with van der Waals surface area (Å²) >= 11 is 3.24. The summed E-state index contributed by atoms with van der Waals surface area (Å²) in [5.74, 6) is 0.413. The van der Waals surface area contributed by atoms with Crippen LogP contribution in [0.5, 0.6) is 0 Å². The van der Waals surface area contributed by atoms with Crippen LogP contribution in [0.3, 0.4) is 0 Å². The third-order valence-electron chi connectivity index (χ3n) is 2.61. The van der Waals surface area contributed by atoms with Gasteiger partial charge in [0, 0.05) is 7.11 Å². The Bertz CT molecular complexity index is 789. The van der Waals surface area contributed by atoms with Gasteiger partial charge in [0.1, 0.15) is 16.3 Å². The molecule has 0 aliphatic rings. The molecule has 3 heterocycles. The number of fused-ring (bicyclic) bond motifs is 1. The van der Waals surface area contributed by atoms with Crippen LogP contribution in [0.1, 0.15) is 5.69 Å². The van der Waals surface area contributed by atoms with Crippen molar-refractivity contribution in [1.82, 2.24) is 29.7 Å². The van der Waals surface area contributed by atoms with E-state index < -0.39 is 0 Å². The van der Waals surface area contributed by atoms with Gasteiger partial charge >= 0.3 is 0 Å². The SMILES string of the molecule is COCc1[nH]n(-c2ncnc3nc[nH]c23)c(=O)c1Br. The van der Waals surface area contributed by atoms with Crippen molar-refractivity contribution in [2.24, 2.45) is 0 Å². The lowest BCUT2D eigenvalue weighted by atomic mass is 10.4. The quantitative estimate of drug-likeness (QED) is 0.740. The molecule has 3 aromatic heterocycles. The van der Waals surface area contributed by atoms with Crippen molar-refractivity contribution in [2.45, 2.75) is 6.61 Å². The Morgan fingerprint density at radius 2 is 2.26 bits per heavy atom. The molecule has 0 fully saturated rings. The lowest BCUT2D eigenvalue weighted by molar-refractivity contribution is 0.180. The maximum Gasteiger partial charge on any atom is 0.287 e. The van der Waals surface area contributed by atoms with Crippen LogP contribution in [0.4, 0.5) is 0 Å². The highest BCUT2D eigenvalue weighted by Gasteiger charge is 2.16. The number of H-pyrrole nitrogens is 2. The predicted octanol–water partition coefficient (Wildman–Crippen LogP) is 0.741. The van der Waals surface area contributed by atoms with Crippen molar-refractivity contribution in [3.8, 4) is 5.82 Å². The van der Waals surface area contributed by atoms with Crippen molar-refractivity contribution >= 4 is 27.1 Å². The van der Waals surface area contributed by atoms with E-state index in [1.165, 1.54) is 17.3 Å². The minimum atomic E-state index is -0.248. The van der Waals surface area contributed by atoms with Gasteiger partial charge in [0.05, 0.1) is 18.6 Å². The first kappa shape index (κ1) is 12.1. The van der Waals surface area contributed by atoms with Gasteiger partial charge in [-0.25, -0.2) is 15.0 Å². The molecule has 3 aromatic rings. The van der Waals surface area contributed by atoms with Gasteiger partial charge in [-0.1, -0.05) is 0 Å². The molecule has 2 N–H and O–H groups in total. The van der Waals surface area contributed by atoms with Gasteiger partial charge in [0.25, 0.3) is 5.56 Å². The molecular formula is C10H9BrN6O2. The number of methoxy groups -OCH3 is 1. The molecule has 0 unspecified atom stereocenters. The Morgan fingerprint density at radius 3 is 3.05 bits per heavy atom. The van der Waals surface area contributed by atoms with Crippen LogP contribution < -0.4 is 5.56 Å². The number of aromatic nitrogens is 6. The normalized spacial score (nSPS) is 11.3. The molecule has 0 aromatic carbocycles. The third kappa shape index (κ3) is 1.87. The van der Waals surface area contributed by atoms with Gasteiger partial charge in [-0.3, -0.25) is 9.89 Å². The van der Waals surface area contributed by atoms with Crippen LogP contribution in [0.2, 0.25) is 0 Å². The topological polar surface area (TPSA) is 101 Å². The molecule has 98 valence electrons. The first-order chi connectivity index (χ1) is 9.22. The third-order valence-corrected chi connectivity index (χ3v) is 3.42. The number of aromatic amines is 2. The minimum absolute atomic E-state index is 0.248. The number of nitrogens with zero attached hydrogens (tertiary/aromatic N) is 4. The fourth-order valence-corrected chi connectivity index (χ4v) is 2.15. The zero-order valence-electron chi connectivity index (χ0n) is 9.85. The van der Waals surface area contributed by atoms with Gasteiger partial charge in [-0.15, -0.1) is 0 Å². The van der Waals surface area contributed by atoms with Crippen molar-refractivity contribution in [1.29, 1.82) is 0 Å². The Balaban J connectivity index is 2.24. The predicted molar refractivity (Wildman–Crippen MR) is 70.0 cm³/mol. The van der Waals surface area contributed by atoms with E-state index in [1.807, 2.05) is 0 Å². The summed E-state index contributed by atoms with van der Waals surface area (Å²) in [4.78, 5) is 27.2. The second-order valence-electron chi connectivity index (χ2n) is 3.78. The average Bonchev–Trinajstić information content (AvgIpc) is 2.99. The van der Waals surface area contributed by atoms with Gasteiger partial charge < -0.3 is 9.72 Å². The highest BCUT2D eigenvalue weighted by atomic mass is 79.9. The second kappa shape index (κ2) is 4.59.